The van der Waals surface area contributed by atoms with Crippen LogP contribution < -0.4 is 0 Å². The lowest BCUT2D eigenvalue weighted by molar-refractivity contribution is 0.684. The predicted molar refractivity (Wildman–Crippen MR) is 67.0 cm³/mol. The first-order valence-electron chi connectivity index (χ1n) is 5.32. The summed E-state index contributed by atoms with van der Waals surface area (Å²) in [6.07, 6.45) is 2.43. The molecule has 0 unspecified atom stereocenters. The molecule has 0 aliphatic rings. The van der Waals surface area contributed by atoms with E-state index in [1.54, 1.807) is 0 Å². The normalized spacial score (nSPS) is 11.6. The molecular weight excluding hydrogens is 188 g/mol. The second-order valence-corrected chi connectivity index (χ2v) is 6.00. The van der Waals surface area contributed by atoms with Gasteiger partial charge in [-0.15, -0.1) is 0 Å². The van der Waals surface area contributed by atoms with E-state index in [1.807, 2.05) is 0 Å². The average Bonchev–Trinajstić information content (AvgIpc) is 2.19. The lowest BCUT2D eigenvalue weighted by Crippen LogP contribution is -2.13. The van der Waals surface area contributed by atoms with Crippen molar-refractivity contribution in [3.05, 3.63) is 35.9 Å². The van der Waals surface area contributed by atoms with E-state index in [2.05, 4.69) is 62.9 Å². The number of benzene rings is 1. The summed E-state index contributed by atoms with van der Waals surface area (Å²) in [7, 11) is 0. The van der Waals surface area contributed by atoms with E-state index in [1.165, 1.54) is 24.2 Å². The highest BCUT2D eigenvalue weighted by Crippen LogP contribution is 2.27. The SMILES string of the molecule is CCC(C)(C)SCCc1ccccc1. The van der Waals surface area contributed by atoms with Crippen LogP contribution in [-0.4, -0.2) is 10.5 Å². The number of thioether (sulfide) groups is 1. The van der Waals surface area contributed by atoms with Crippen LogP contribution in [0.4, 0.5) is 0 Å². The van der Waals surface area contributed by atoms with Gasteiger partial charge in [-0.05, 0) is 24.2 Å². The fourth-order valence-electron chi connectivity index (χ4n) is 1.19. The van der Waals surface area contributed by atoms with Gasteiger partial charge in [0.1, 0.15) is 0 Å². The lowest BCUT2D eigenvalue weighted by atomic mass is 10.1. The van der Waals surface area contributed by atoms with Crippen LogP contribution in [0.2, 0.25) is 0 Å². The Kier molecular flexibility index (Phi) is 4.53. The molecular formula is C13H20S. The van der Waals surface area contributed by atoms with E-state index in [0.29, 0.717) is 4.75 Å². The summed E-state index contributed by atoms with van der Waals surface area (Å²) in [5, 5.41) is 0. The molecule has 1 aromatic carbocycles. The third-order valence-electron chi connectivity index (χ3n) is 2.58. The molecule has 0 N–H and O–H groups in total. The Hall–Kier alpha value is -0.430. The van der Waals surface area contributed by atoms with Crippen molar-refractivity contribution in [2.24, 2.45) is 0 Å². The van der Waals surface area contributed by atoms with Crippen molar-refractivity contribution in [1.82, 2.24) is 0 Å². The first-order valence-corrected chi connectivity index (χ1v) is 6.30. The average molecular weight is 208 g/mol. The molecule has 78 valence electrons. The zero-order valence-corrected chi connectivity index (χ0v) is 10.2. The zero-order chi connectivity index (χ0) is 10.4. The summed E-state index contributed by atoms with van der Waals surface area (Å²) >= 11 is 2.07. The van der Waals surface area contributed by atoms with Crippen LogP contribution in [0.25, 0.3) is 0 Å². The maximum absolute atomic E-state index is 2.32. The van der Waals surface area contributed by atoms with E-state index in [-0.39, 0.29) is 0 Å². The molecule has 0 atom stereocenters. The maximum Gasteiger partial charge on any atom is 0.0101 e. The van der Waals surface area contributed by atoms with Crippen LogP contribution in [0, 0.1) is 0 Å². The summed E-state index contributed by atoms with van der Waals surface area (Å²) in [5.74, 6) is 1.23. The zero-order valence-electron chi connectivity index (χ0n) is 9.42. The van der Waals surface area contributed by atoms with Gasteiger partial charge in [-0.25, -0.2) is 0 Å². The Morgan fingerprint density at radius 3 is 2.36 bits per heavy atom. The smallest absolute Gasteiger partial charge is 0.0101 e. The molecule has 0 nitrogen and oxygen atoms in total. The molecule has 1 aromatic rings. The molecule has 0 radical (unpaired) electrons. The predicted octanol–water partition coefficient (Wildman–Crippen LogP) is 4.15. The lowest BCUT2D eigenvalue weighted by Gasteiger charge is -2.21. The quantitative estimate of drug-likeness (QED) is 0.700. The molecule has 0 amide bonds. The summed E-state index contributed by atoms with van der Waals surface area (Å²) < 4.78 is 0.439. The highest BCUT2D eigenvalue weighted by Gasteiger charge is 2.14. The molecule has 0 aromatic heterocycles. The second kappa shape index (κ2) is 5.45. The highest BCUT2D eigenvalue weighted by atomic mass is 32.2. The maximum atomic E-state index is 2.32. The Bertz CT molecular complexity index is 251. The van der Waals surface area contributed by atoms with Crippen LogP contribution in [0.5, 0.6) is 0 Å². The minimum Gasteiger partial charge on any atom is -0.155 e. The van der Waals surface area contributed by atoms with Gasteiger partial charge in [0, 0.05) is 4.75 Å². The third-order valence-corrected chi connectivity index (χ3v) is 4.06. The van der Waals surface area contributed by atoms with Gasteiger partial charge in [0.05, 0.1) is 0 Å². The summed E-state index contributed by atoms with van der Waals surface area (Å²) in [6.45, 7) is 6.90. The molecule has 1 rings (SSSR count). The molecule has 0 saturated carbocycles. The van der Waals surface area contributed by atoms with Gasteiger partial charge >= 0.3 is 0 Å². The van der Waals surface area contributed by atoms with Crippen molar-refractivity contribution in [2.75, 3.05) is 5.75 Å². The summed E-state index contributed by atoms with van der Waals surface area (Å²) in [6, 6.07) is 10.7. The van der Waals surface area contributed by atoms with Gasteiger partial charge in [0.25, 0.3) is 0 Å². The van der Waals surface area contributed by atoms with Gasteiger partial charge in [-0.1, -0.05) is 51.1 Å². The van der Waals surface area contributed by atoms with Crippen molar-refractivity contribution in [1.29, 1.82) is 0 Å². The summed E-state index contributed by atoms with van der Waals surface area (Å²) in [5.41, 5.74) is 1.45. The number of aryl methyl sites for hydroxylation is 1. The second-order valence-electron chi connectivity index (χ2n) is 4.20. The van der Waals surface area contributed by atoms with Crippen molar-refractivity contribution in [3.8, 4) is 0 Å². The molecule has 0 spiro atoms. The van der Waals surface area contributed by atoms with E-state index in [9.17, 15) is 0 Å². The molecule has 0 aliphatic heterocycles. The van der Waals surface area contributed by atoms with Crippen molar-refractivity contribution >= 4 is 11.8 Å². The molecule has 0 heterocycles. The largest absolute Gasteiger partial charge is 0.155 e. The molecule has 0 saturated heterocycles. The van der Waals surface area contributed by atoms with Gasteiger partial charge < -0.3 is 0 Å². The van der Waals surface area contributed by atoms with E-state index < -0.39 is 0 Å². The third kappa shape index (κ3) is 4.19. The monoisotopic (exact) mass is 208 g/mol. The Labute approximate surface area is 92.1 Å². The van der Waals surface area contributed by atoms with Crippen molar-refractivity contribution in [3.63, 3.8) is 0 Å². The topological polar surface area (TPSA) is 0 Å². The summed E-state index contributed by atoms with van der Waals surface area (Å²) in [4.78, 5) is 0. The molecule has 1 heteroatoms. The fourth-order valence-corrected chi connectivity index (χ4v) is 2.29. The standard InChI is InChI=1S/C13H20S/c1-4-13(2,3)14-11-10-12-8-6-5-7-9-12/h5-9H,4,10-11H2,1-3H3. The Balaban J connectivity index is 2.29. The van der Waals surface area contributed by atoms with E-state index in [4.69, 9.17) is 0 Å². The number of hydrogen-bond acceptors (Lipinski definition) is 1. The van der Waals surface area contributed by atoms with Crippen LogP contribution >= 0.6 is 11.8 Å². The fraction of sp³-hybridized carbons (Fsp3) is 0.538. The first kappa shape index (κ1) is 11.6. The van der Waals surface area contributed by atoms with Crippen molar-refractivity contribution in [2.45, 2.75) is 38.4 Å². The Morgan fingerprint density at radius 2 is 1.79 bits per heavy atom. The van der Waals surface area contributed by atoms with Gasteiger partial charge in [-0.3, -0.25) is 0 Å². The number of rotatable bonds is 5. The van der Waals surface area contributed by atoms with Gasteiger partial charge in [0.15, 0.2) is 0 Å². The molecule has 0 fully saturated rings. The molecule has 0 aliphatic carbocycles. The first-order chi connectivity index (χ1) is 6.64. The van der Waals surface area contributed by atoms with Crippen molar-refractivity contribution < 1.29 is 0 Å². The Morgan fingerprint density at radius 1 is 1.14 bits per heavy atom. The van der Waals surface area contributed by atoms with Gasteiger partial charge in [-0.2, -0.15) is 11.8 Å². The van der Waals surface area contributed by atoms with Crippen LogP contribution in [0.1, 0.15) is 32.8 Å². The van der Waals surface area contributed by atoms with Crippen LogP contribution in [0.15, 0.2) is 30.3 Å². The van der Waals surface area contributed by atoms with Crippen LogP contribution in [0.3, 0.4) is 0 Å². The molecule has 14 heavy (non-hydrogen) atoms. The molecule has 0 bridgehead atoms. The highest BCUT2D eigenvalue weighted by molar-refractivity contribution is 8.00. The minimum absolute atomic E-state index is 0.439. The van der Waals surface area contributed by atoms with E-state index >= 15 is 0 Å². The minimum atomic E-state index is 0.439. The van der Waals surface area contributed by atoms with Crippen LogP contribution in [-0.2, 0) is 6.42 Å². The number of hydrogen-bond donors (Lipinski definition) is 0. The van der Waals surface area contributed by atoms with Gasteiger partial charge in [0.2, 0.25) is 0 Å². The van der Waals surface area contributed by atoms with E-state index in [0.717, 1.165) is 0 Å².